The van der Waals surface area contributed by atoms with E-state index in [9.17, 15) is 0 Å². The Morgan fingerprint density at radius 1 is 0.808 bits per heavy atom. The molecule has 2 heteroatoms. The van der Waals surface area contributed by atoms with Crippen LogP contribution in [0.25, 0.3) is 27.5 Å². The Morgan fingerprint density at radius 2 is 1.58 bits per heavy atom. The van der Waals surface area contributed by atoms with Gasteiger partial charge in [0, 0.05) is 26.0 Å². The molecule has 0 radical (unpaired) electrons. The molecule has 5 rings (SSSR count). The fraction of sp³-hybridized carbons (Fsp3) is 0.0833. The maximum absolute atomic E-state index is 2.45. The Labute approximate surface area is 166 Å². The van der Waals surface area contributed by atoms with Crippen molar-refractivity contribution >= 4 is 50.1 Å². The van der Waals surface area contributed by atoms with Crippen LogP contribution in [-0.4, -0.2) is 4.57 Å². The van der Waals surface area contributed by atoms with Crippen molar-refractivity contribution in [3.8, 4) is 0 Å². The Kier molecular flexibility index (Phi) is 3.93. The summed E-state index contributed by atoms with van der Waals surface area (Å²) in [4.78, 5) is 0. The highest BCUT2D eigenvalue weighted by atomic mass is 127. The van der Waals surface area contributed by atoms with Crippen molar-refractivity contribution in [2.45, 2.75) is 12.3 Å². The predicted octanol–water partition coefficient (Wildman–Crippen LogP) is 6.98. The number of benzene rings is 3. The van der Waals surface area contributed by atoms with Crippen molar-refractivity contribution in [2.75, 3.05) is 0 Å². The molecule has 0 N–H and O–H groups in total. The van der Waals surface area contributed by atoms with E-state index in [0.717, 1.165) is 6.42 Å². The molecule has 0 spiro atoms. The molecular formula is C24H18IN. The van der Waals surface area contributed by atoms with Crippen LogP contribution < -0.4 is 0 Å². The van der Waals surface area contributed by atoms with E-state index in [1.807, 2.05) is 0 Å². The SMILES string of the molecule is Ic1cccc2c1c1ccccc1n2C1=CC(c2ccccc2)CC=C1. The summed E-state index contributed by atoms with van der Waals surface area (Å²) in [5, 5.41) is 2.67. The van der Waals surface area contributed by atoms with E-state index in [4.69, 9.17) is 0 Å². The van der Waals surface area contributed by atoms with Crippen LogP contribution in [-0.2, 0) is 0 Å². The highest BCUT2D eigenvalue weighted by molar-refractivity contribution is 14.1. The summed E-state index contributed by atoms with van der Waals surface area (Å²) in [5.74, 6) is 0.426. The first-order valence-electron chi connectivity index (χ1n) is 8.94. The van der Waals surface area contributed by atoms with Gasteiger partial charge in [0.25, 0.3) is 0 Å². The Hall–Kier alpha value is -2.33. The Bertz CT molecular complexity index is 1160. The van der Waals surface area contributed by atoms with Gasteiger partial charge in [-0.2, -0.15) is 0 Å². The molecule has 1 atom stereocenters. The van der Waals surface area contributed by atoms with Crippen LogP contribution in [0.2, 0.25) is 0 Å². The third-order valence-corrected chi connectivity index (χ3v) is 6.08. The zero-order valence-electron chi connectivity index (χ0n) is 14.3. The summed E-state index contributed by atoms with van der Waals surface area (Å²) in [6.07, 6.45) is 8.05. The van der Waals surface area contributed by atoms with Crippen LogP contribution in [0.1, 0.15) is 17.9 Å². The molecule has 1 nitrogen and oxygen atoms in total. The van der Waals surface area contributed by atoms with Crippen molar-refractivity contribution in [2.24, 2.45) is 0 Å². The second kappa shape index (κ2) is 6.44. The van der Waals surface area contributed by atoms with Crippen LogP contribution in [0.5, 0.6) is 0 Å². The van der Waals surface area contributed by atoms with Gasteiger partial charge in [-0.25, -0.2) is 0 Å². The van der Waals surface area contributed by atoms with E-state index in [0.29, 0.717) is 5.92 Å². The largest absolute Gasteiger partial charge is 0.310 e. The molecule has 0 saturated carbocycles. The molecule has 26 heavy (non-hydrogen) atoms. The molecule has 0 saturated heterocycles. The van der Waals surface area contributed by atoms with Gasteiger partial charge in [-0.05, 0) is 58.9 Å². The van der Waals surface area contributed by atoms with Gasteiger partial charge < -0.3 is 4.57 Å². The molecule has 0 amide bonds. The number of rotatable bonds is 2. The average Bonchev–Trinajstić information content (AvgIpc) is 3.04. The van der Waals surface area contributed by atoms with Gasteiger partial charge in [-0.3, -0.25) is 0 Å². The molecule has 0 aliphatic heterocycles. The van der Waals surface area contributed by atoms with E-state index < -0.39 is 0 Å². The lowest BCUT2D eigenvalue weighted by molar-refractivity contribution is 0.849. The minimum atomic E-state index is 0.426. The molecule has 1 unspecified atom stereocenters. The minimum Gasteiger partial charge on any atom is -0.310 e. The number of hydrogen-bond acceptors (Lipinski definition) is 0. The van der Waals surface area contributed by atoms with Crippen LogP contribution >= 0.6 is 22.6 Å². The Balaban J connectivity index is 1.77. The number of halogens is 1. The van der Waals surface area contributed by atoms with E-state index in [1.54, 1.807) is 0 Å². The van der Waals surface area contributed by atoms with Crippen molar-refractivity contribution < 1.29 is 0 Å². The summed E-state index contributed by atoms with van der Waals surface area (Å²) >= 11 is 2.45. The second-order valence-electron chi connectivity index (χ2n) is 6.73. The molecule has 4 aromatic rings. The zero-order valence-corrected chi connectivity index (χ0v) is 16.4. The third-order valence-electron chi connectivity index (χ3n) is 5.18. The fourth-order valence-electron chi connectivity index (χ4n) is 4.00. The van der Waals surface area contributed by atoms with Crippen molar-refractivity contribution in [1.29, 1.82) is 0 Å². The summed E-state index contributed by atoms with van der Waals surface area (Å²) in [7, 11) is 0. The summed E-state index contributed by atoms with van der Waals surface area (Å²) in [5.41, 5.74) is 5.20. The molecule has 1 heterocycles. The lowest BCUT2D eigenvalue weighted by Gasteiger charge is -2.19. The second-order valence-corrected chi connectivity index (χ2v) is 7.90. The topological polar surface area (TPSA) is 4.93 Å². The van der Waals surface area contributed by atoms with Crippen LogP contribution in [0.4, 0.5) is 0 Å². The van der Waals surface area contributed by atoms with Gasteiger partial charge in [-0.15, -0.1) is 0 Å². The third kappa shape index (κ3) is 2.52. The van der Waals surface area contributed by atoms with Gasteiger partial charge >= 0.3 is 0 Å². The number of nitrogens with zero attached hydrogens (tertiary/aromatic N) is 1. The maximum atomic E-state index is 2.45. The quantitative estimate of drug-likeness (QED) is 0.292. The highest BCUT2D eigenvalue weighted by Gasteiger charge is 2.17. The molecule has 1 aliphatic rings. The highest BCUT2D eigenvalue weighted by Crippen LogP contribution is 2.37. The molecule has 1 aromatic heterocycles. The minimum absolute atomic E-state index is 0.426. The van der Waals surface area contributed by atoms with Crippen LogP contribution in [0, 0.1) is 3.57 Å². The summed E-state index contributed by atoms with van der Waals surface area (Å²) in [6, 6.07) is 26.1. The van der Waals surface area contributed by atoms with Crippen LogP contribution in [0.3, 0.4) is 0 Å². The lowest BCUT2D eigenvalue weighted by atomic mass is 9.91. The summed E-state index contributed by atoms with van der Waals surface area (Å²) in [6.45, 7) is 0. The summed E-state index contributed by atoms with van der Waals surface area (Å²) < 4.78 is 3.72. The van der Waals surface area contributed by atoms with Crippen molar-refractivity contribution in [3.05, 3.63) is 100 Å². The molecule has 0 fully saturated rings. The standard InChI is InChI=1S/C24H18IN/c25-21-13-7-15-23-24(21)20-12-4-5-14-22(20)26(23)19-11-6-10-18(16-19)17-8-2-1-3-9-17/h1-9,11-16,18H,10H2. The lowest BCUT2D eigenvalue weighted by Crippen LogP contribution is -2.03. The fourth-order valence-corrected chi connectivity index (χ4v) is 4.77. The van der Waals surface area contributed by atoms with Crippen molar-refractivity contribution in [1.82, 2.24) is 4.57 Å². The number of para-hydroxylation sites is 1. The van der Waals surface area contributed by atoms with Gasteiger partial charge in [0.2, 0.25) is 0 Å². The number of aromatic nitrogens is 1. The molecule has 3 aromatic carbocycles. The number of allylic oxidation sites excluding steroid dienone is 4. The monoisotopic (exact) mass is 447 g/mol. The van der Waals surface area contributed by atoms with E-state index >= 15 is 0 Å². The smallest absolute Gasteiger partial charge is 0.0551 e. The first kappa shape index (κ1) is 15.9. The number of hydrogen-bond donors (Lipinski definition) is 0. The van der Waals surface area contributed by atoms with Gasteiger partial charge in [0.05, 0.1) is 11.0 Å². The molecule has 126 valence electrons. The Morgan fingerprint density at radius 3 is 2.46 bits per heavy atom. The van der Waals surface area contributed by atoms with Gasteiger partial charge in [0.1, 0.15) is 0 Å². The zero-order chi connectivity index (χ0) is 17.5. The average molecular weight is 447 g/mol. The normalized spacial score (nSPS) is 17.0. The van der Waals surface area contributed by atoms with E-state index in [1.165, 1.54) is 36.6 Å². The maximum Gasteiger partial charge on any atom is 0.0551 e. The van der Waals surface area contributed by atoms with E-state index in [-0.39, 0.29) is 0 Å². The van der Waals surface area contributed by atoms with E-state index in [2.05, 4.69) is 118 Å². The first-order chi connectivity index (χ1) is 12.8. The van der Waals surface area contributed by atoms with Gasteiger partial charge in [0.15, 0.2) is 0 Å². The number of fused-ring (bicyclic) bond motifs is 3. The molecular weight excluding hydrogens is 429 g/mol. The van der Waals surface area contributed by atoms with Gasteiger partial charge in [-0.1, -0.05) is 66.7 Å². The molecule has 1 aliphatic carbocycles. The first-order valence-corrected chi connectivity index (χ1v) is 10.0. The predicted molar refractivity (Wildman–Crippen MR) is 119 cm³/mol. The van der Waals surface area contributed by atoms with Crippen LogP contribution in [0.15, 0.2) is 91.0 Å². The molecule has 0 bridgehead atoms. The van der Waals surface area contributed by atoms with Crippen molar-refractivity contribution in [3.63, 3.8) is 0 Å².